The first-order valence-corrected chi connectivity index (χ1v) is 10.8. The van der Waals surface area contributed by atoms with Crippen LogP contribution in [0, 0.1) is 0 Å². The average molecular weight is 414 g/mol. The first kappa shape index (κ1) is 19.8. The molecule has 0 aliphatic rings. The first-order chi connectivity index (χ1) is 15.8. The molecule has 0 spiro atoms. The number of hydrogen-bond acceptors (Lipinski definition) is 1. The maximum Gasteiger partial charge on any atom is 0.185 e. The lowest BCUT2D eigenvalue weighted by atomic mass is 10.0. The lowest BCUT2D eigenvalue weighted by Crippen LogP contribution is -2.02. The van der Waals surface area contributed by atoms with E-state index >= 15 is 0 Å². The lowest BCUT2D eigenvalue weighted by molar-refractivity contribution is 0.104. The van der Waals surface area contributed by atoms with E-state index < -0.39 is 0 Å². The molecule has 0 saturated heterocycles. The molecule has 2 nitrogen and oxygen atoms in total. The van der Waals surface area contributed by atoms with Gasteiger partial charge in [-0.1, -0.05) is 109 Å². The van der Waals surface area contributed by atoms with Crippen LogP contribution in [0.15, 0.2) is 121 Å². The molecule has 0 fully saturated rings. The molecule has 0 bridgehead atoms. The Morgan fingerprint density at radius 2 is 1.28 bits per heavy atom. The summed E-state index contributed by atoms with van der Waals surface area (Å²) in [6.45, 7) is 0.756. The summed E-state index contributed by atoms with van der Waals surface area (Å²) < 4.78 is 2.35. The van der Waals surface area contributed by atoms with Crippen molar-refractivity contribution < 1.29 is 4.79 Å². The quantitative estimate of drug-likeness (QED) is 0.212. The fourth-order valence-corrected chi connectivity index (χ4v) is 4.19. The van der Waals surface area contributed by atoms with Crippen LogP contribution in [0.2, 0.25) is 0 Å². The smallest absolute Gasteiger partial charge is 0.185 e. The van der Waals surface area contributed by atoms with Crippen molar-refractivity contribution >= 4 is 22.8 Å². The molecular weight excluding hydrogens is 390 g/mol. The van der Waals surface area contributed by atoms with Gasteiger partial charge >= 0.3 is 0 Å². The zero-order valence-electron chi connectivity index (χ0n) is 17.7. The number of nitrogens with zero attached hydrogens (tertiary/aromatic N) is 1. The van der Waals surface area contributed by atoms with Crippen LogP contribution in [-0.4, -0.2) is 10.4 Å². The Hall–Kier alpha value is -4.17. The van der Waals surface area contributed by atoms with Gasteiger partial charge in [-0.15, -0.1) is 0 Å². The van der Waals surface area contributed by atoms with Crippen molar-refractivity contribution in [3.8, 4) is 11.3 Å². The highest BCUT2D eigenvalue weighted by atomic mass is 16.1. The van der Waals surface area contributed by atoms with Gasteiger partial charge in [-0.2, -0.15) is 0 Å². The van der Waals surface area contributed by atoms with E-state index in [1.165, 1.54) is 5.56 Å². The molecule has 0 saturated carbocycles. The molecule has 0 unspecified atom stereocenters. The van der Waals surface area contributed by atoms with E-state index in [0.717, 1.165) is 34.3 Å². The first-order valence-electron chi connectivity index (χ1n) is 10.8. The Balaban J connectivity index is 1.69. The fraction of sp³-hybridized carbons (Fsp3) is 0.0333. The second-order valence-corrected chi connectivity index (χ2v) is 7.78. The number of aromatic nitrogens is 1. The van der Waals surface area contributed by atoms with Crippen LogP contribution in [0.3, 0.4) is 0 Å². The van der Waals surface area contributed by atoms with E-state index in [9.17, 15) is 4.79 Å². The van der Waals surface area contributed by atoms with Gasteiger partial charge in [0, 0.05) is 28.6 Å². The van der Waals surface area contributed by atoms with Gasteiger partial charge in [0.2, 0.25) is 0 Å². The largest absolute Gasteiger partial charge is 0.335 e. The Morgan fingerprint density at radius 1 is 0.688 bits per heavy atom. The summed E-state index contributed by atoms with van der Waals surface area (Å²) in [7, 11) is 0. The zero-order valence-corrected chi connectivity index (χ0v) is 17.7. The van der Waals surface area contributed by atoms with Crippen LogP contribution >= 0.6 is 0 Å². The van der Waals surface area contributed by atoms with Gasteiger partial charge in [-0.05, 0) is 29.3 Å². The van der Waals surface area contributed by atoms with E-state index in [-0.39, 0.29) is 5.78 Å². The summed E-state index contributed by atoms with van der Waals surface area (Å²) in [5.74, 6) is 0.00417. The number of carbonyl (C=O) groups is 1. The van der Waals surface area contributed by atoms with Crippen molar-refractivity contribution in [3.05, 3.63) is 138 Å². The summed E-state index contributed by atoms with van der Waals surface area (Å²) in [6.07, 6.45) is 3.66. The van der Waals surface area contributed by atoms with E-state index in [1.54, 1.807) is 6.08 Å². The third-order valence-corrected chi connectivity index (χ3v) is 5.70. The van der Waals surface area contributed by atoms with Crippen LogP contribution in [0.5, 0.6) is 0 Å². The number of carbonyl (C=O) groups excluding carboxylic acids is 1. The van der Waals surface area contributed by atoms with E-state index in [0.29, 0.717) is 5.56 Å². The SMILES string of the molecule is O=C(/C=C/c1c(-c2ccccc2)n(Cc2ccccc2)c2ccccc12)c1ccccc1. The van der Waals surface area contributed by atoms with E-state index in [4.69, 9.17) is 0 Å². The molecule has 1 heterocycles. The molecule has 32 heavy (non-hydrogen) atoms. The molecule has 0 radical (unpaired) electrons. The van der Waals surface area contributed by atoms with Crippen LogP contribution in [0.1, 0.15) is 21.5 Å². The Labute approximate surface area is 188 Å². The molecule has 0 aliphatic heterocycles. The Kier molecular flexibility index (Phi) is 5.50. The molecule has 0 amide bonds. The molecular formula is C30H23NO. The monoisotopic (exact) mass is 413 g/mol. The van der Waals surface area contributed by atoms with Gasteiger partial charge < -0.3 is 4.57 Å². The van der Waals surface area contributed by atoms with Crippen LogP contribution in [-0.2, 0) is 6.54 Å². The summed E-state index contributed by atoms with van der Waals surface area (Å²) in [5.41, 5.74) is 6.40. The standard InChI is InChI=1S/C30H23NO/c32-29(24-14-6-2-7-15-24)21-20-27-26-18-10-11-19-28(26)31(22-23-12-4-1-5-13-23)30(27)25-16-8-3-9-17-25/h1-21H,22H2/b21-20+. The average Bonchev–Trinajstić information content (AvgIpc) is 3.17. The summed E-state index contributed by atoms with van der Waals surface area (Å²) in [5, 5.41) is 1.14. The summed E-state index contributed by atoms with van der Waals surface area (Å²) in [4.78, 5) is 12.8. The molecule has 0 aliphatic carbocycles. The third-order valence-electron chi connectivity index (χ3n) is 5.70. The second-order valence-electron chi connectivity index (χ2n) is 7.78. The minimum absolute atomic E-state index is 0.00417. The zero-order chi connectivity index (χ0) is 21.8. The topological polar surface area (TPSA) is 22.0 Å². The van der Waals surface area contributed by atoms with Crippen molar-refractivity contribution in [2.24, 2.45) is 0 Å². The van der Waals surface area contributed by atoms with Gasteiger partial charge in [-0.25, -0.2) is 0 Å². The van der Waals surface area contributed by atoms with Crippen molar-refractivity contribution in [1.29, 1.82) is 0 Å². The Morgan fingerprint density at radius 3 is 2.00 bits per heavy atom. The van der Waals surface area contributed by atoms with E-state index in [1.807, 2.05) is 48.5 Å². The number of para-hydroxylation sites is 1. The van der Waals surface area contributed by atoms with E-state index in [2.05, 4.69) is 77.4 Å². The maximum absolute atomic E-state index is 12.8. The number of rotatable bonds is 6. The summed E-state index contributed by atoms with van der Waals surface area (Å²) in [6, 6.07) is 38.7. The van der Waals surface area contributed by atoms with Gasteiger partial charge in [0.15, 0.2) is 5.78 Å². The molecule has 2 heteroatoms. The number of hydrogen-bond donors (Lipinski definition) is 0. The van der Waals surface area contributed by atoms with Gasteiger partial charge in [-0.3, -0.25) is 4.79 Å². The summed E-state index contributed by atoms with van der Waals surface area (Å²) >= 11 is 0. The second kappa shape index (κ2) is 8.91. The molecule has 0 atom stereocenters. The van der Waals surface area contributed by atoms with Gasteiger partial charge in [0.05, 0.1) is 5.69 Å². The molecule has 5 rings (SSSR count). The van der Waals surface area contributed by atoms with Crippen LogP contribution < -0.4 is 0 Å². The number of benzene rings is 4. The predicted molar refractivity (Wildman–Crippen MR) is 133 cm³/mol. The van der Waals surface area contributed by atoms with Crippen molar-refractivity contribution in [2.45, 2.75) is 6.54 Å². The number of allylic oxidation sites excluding steroid dienone is 1. The lowest BCUT2D eigenvalue weighted by Gasteiger charge is -2.12. The molecule has 154 valence electrons. The van der Waals surface area contributed by atoms with Crippen molar-refractivity contribution in [1.82, 2.24) is 4.57 Å². The van der Waals surface area contributed by atoms with Crippen molar-refractivity contribution in [3.63, 3.8) is 0 Å². The minimum Gasteiger partial charge on any atom is -0.335 e. The van der Waals surface area contributed by atoms with Gasteiger partial charge in [0.1, 0.15) is 0 Å². The predicted octanol–water partition coefficient (Wildman–Crippen LogP) is 7.25. The number of ketones is 1. The molecule has 4 aromatic carbocycles. The highest BCUT2D eigenvalue weighted by Gasteiger charge is 2.17. The maximum atomic E-state index is 12.8. The van der Waals surface area contributed by atoms with Crippen LogP contribution in [0.4, 0.5) is 0 Å². The van der Waals surface area contributed by atoms with Crippen molar-refractivity contribution in [2.75, 3.05) is 0 Å². The highest BCUT2D eigenvalue weighted by Crippen LogP contribution is 2.35. The fourth-order valence-electron chi connectivity index (χ4n) is 4.19. The minimum atomic E-state index is 0.00417. The molecule has 0 N–H and O–H groups in total. The normalized spacial score (nSPS) is 11.2. The Bertz CT molecular complexity index is 1380. The number of fused-ring (bicyclic) bond motifs is 1. The van der Waals surface area contributed by atoms with Gasteiger partial charge in [0.25, 0.3) is 0 Å². The molecule has 1 aromatic heterocycles. The molecule has 5 aromatic rings. The third kappa shape index (κ3) is 3.91. The van der Waals surface area contributed by atoms with Crippen LogP contribution in [0.25, 0.3) is 28.2 Å². The highest BCUT2D eigenvalue weighted by molar-refractivity contribution is 6.09.